The summed E-state index contributed by atoms with van der Waals surface area (Å²) in [7, 11) is -3.79. The molecule has 1 amide bonds. The van der Waals surface area contributed by atoms with E-state index in [1.54, 1.807) is 24.3 Å². The average molecular weight is 493 g/mol. The van der Waals surface area contributed by atoms with E-state index in [1.807, 2.05) is 0 Å². The van der Waals surface area contributed by atoms with Gasteiger partial charge < -0.3 is 5.32 Å². The Morgan fingerprint density at radius 2 is 1.71 bits per heavy atom. The van der Waals surface area contributed by atoms with E-state index in [2.05, 4.69) is 42.5 Å². The maximum atomic E-state index is 12.1. The molecule has 0 aliphatic rings. The molecule has 24 heavy (non-hydrogen) atoms. The molecule has 2 aromatic rings. The molecule has 0 atom stereocenters. The summed E-state index contributed by atoms with van der Waals surface area (Å²) >= 11 is 11.6. The van der Waals surface area contributed by atoms with Gasteiger partial charge in [0.25, 0.3) is 5.91 Å². The van der Waals surface area contributed by atoms with E-state index in [0.717, 1.165) is 4.47 Å². The fourth-order valence-electron chi connectivity index (χ4n) is 1.70. The predicted octanol–water partition coefficient (Wildman–Crippen LogP) is 2.99. The Labute approximate surface area is 161 Å². The standard InChI is InChI=1S/C14H11Br2N3O3S2/c15-9-3-1-8(2-4-9)13(20)19-14(23)18-12-6-5-10(7-11(12)16)24(17,21)22/h1-7H,(H2,17,21,22)(H2,18,19,20,23). The maximum absolute atomic E-state index is 12.1. The van der Waals surface area contributed by atoms with Gasteiger partial charge in [0, 0.05) is 14.5 Å². The summed E-state index contributed by atoms with van der Waals surface area (Å²) in [5.41, 5.74) is 0.939. The van der Waals surface area contributed by atoms with E-state index in [-0.39, 0.29) is 15.9 Å². The summed E-state index contributed by atoms with van der Waals surface area (Å²) in [6, 6.07) is 11.0. The molecule has 0 saturated carbocycles. The van der Waals surface area contributed by atoms with Gasteiger partial charge in [0.15, 0.2) is 5.11 Å². The highest BCUT2D eigenvalue weighted by molar-refractivity contribution is 9.10. The number of amides is 1. The molecule has 4 N–H and O–H groups in total. The number of primary sulfonamides is 1. The molecule has 0 aliphatic heterocycles. The third kappa shape index (κ3) is 5.08. The van der Waals surface area contributed by atoms with Crippen LogP contribution in [0.5, 0.6) is 0 Å². The molecular weight excluding hydrogens is 482 g/mol. The van der Waals surface area contributed by atoms with Crippen molar-refractivity contribution >= 4 is 70.8 Å². The lowest BCUT2D eigenvalue weighted by atomic mass is 10.2. The van der Waals surface area contributed by atoms with Crippen LogP contribution in [-0.4, -0.2) is 19.4 Å². The molecule has 0 heterocycles. The molecule has 0 radical (unpaired) electrons. The summed E-state index contributed by atoms with van der Waals surface area (Å²) < 4.78 is 23.9. The number of hydrogen-bond acceptors (Lipinski definition) is 4. The number of benzene rings is 2. The molecular formula is C14H11Br2N3O3S2. The first-order chi connectivity index (χ1) is 11.2. The van der Waals surface area contributed by atoms with Crippen LogP contribution >= 0.6 is 44.1 Å². The van der Waals surface area contributed by atoms with E-state index < -0.39 is 10.0 Å². The Morgan fingerprint density at radius 3 is 2.25 bits per heavy atom. The van der Waals surface area contributed by atoms with Crippen molar-refractivity contribution in [1.29, 1.82) is 0 Å². The van der Waals surface area contributed by atoms with Crippen molar-refractivity contribution < 1.29 is 13.2 Å². The highest BCUT2D eigenvalue weighted by Crippen LogP contribution is 2.25. The van der Waals surface area contributed by atoms with Gasteiger partial charge in [0.05, 0.1) is 10.6 Å². The molecule has 2 rings (SSSR count). The minimum absolute atomic E-state index is 0.0373. The molecule has 2 aromatic carbocycles. The van der Waals surface area contributed by atoms with Crippen molar-refractivity contribution in [3.63, 3.8) is 0 Å². The van der Waals surface area contributed by atoms with Crippen LogP contribution < -0.4 is 15.8 Å². The number of nitrogens with one attached hydrogen (secondary N) is 2. The van der Waals surface area contributed by atoms with E-state index in [9.17, 15) is 13.2 Å². The number of nitrogens with two attached hydrogens (primary N) is 1. The van der Waals surface area contributed by atoms with Gasteiger partial charge in [-0.1, -0.05) is 15.9 Å². The number of rotatable bonds is 3. The summed E-state index contributed by atoms with van der Waals surface area (Å²) in [5.74, 6) is -0.364. The van der Waals surface area contributed by atoms with Gasteiger partial charge in [-0.3, -0.25) is 10.1 Å². The third-order valence-electron chi connectivity index (χ3n) is 2.85. The topological polar surface area (TPSA) is 101 Å². The molecule has 0 fully saturated rings. The zero-order valence-electron chi connectivity index (χ0n) is 11.9. The highest BCUT2D eigenvalue weighted by Gasteiger charge is 2.12. The number of carbonyl (C=O) groups excluding carboxylic acids is 1. The average Bonchev–Trinajstić information content (AvgIpc) is 2.48. The smallest absolute Gasteiger partial charge is 0.257 e. The van der Waals surface area contributed by atoms with Gasteiger partial charge in [-0.15, -0.1) is 0 Å². The lowest BCUT2D eigenvalue weighted by molar-refractivity contribution is 0.0977. The van der Waals surface area contributed by atoms with Gasteiger partial charge in [0.2, 0.25) is 10.0 Å². The summed E-state index contributed by atoms with van der Waals surface area (Å²) in [6.45, 7) is 0. The number of carbonyl (C=O) groups is 1. The zero-order chi connectivity index (χ0) is 17.9. The van der Waals surface area contributed by atoms with E-state index in [1.165, 1.54) is 18.2 Å². The number of hydrogen-bond donors (Lipinski definition) is 3. The second-order valence-corrected chi connectivity index (χ2v) is 8.34. The van der Waals surface area contributed by atoms with Crippen molar-refractivity contribution in [2.75, 3.05) is 5.32 Å². The molecule has 0 aliphatic carbocycles. The number of halogens is 2. The van der Waals surface area contributed by atoms with E-state index in [0.29, 0.717) is 15.7 Å². The second kappa shape index (κ2) is 7.70. The Balaban J connectivity index is 2.07. The monoisotopic (exact) mass is 491 g/mol. The normalized spacial score (nSPS) is 11.0. The highest BCUT2D eigenvalue weighted by atomic mass is 79.9. The minimum Gasteiger partial charge on any atom is -0.331 e. The largest absolute Gasteiger partial charge is 0.331 e. The fraction of sp³-hybridized carbons (Fsp3) is 0. The first-order valence-corrected chi connectivity index (χ1v) is 9.91. The number of thiocarbonyl (C=S) groups is 1. The molecule has 0 saturated heterocycles. The van der Waals surface area contributed by atoms with Gasteiger partial charge in [-0.25, -0.2) is 13.6 Å². The molecule has 0 spiro atoms. The quantitative estimate of drug-likeness (QED) is 0.571. The maximum Gasteiger partial charge on any atom is 0.257 e. The zero-order valence-corrected chi connectivity index (χ0v) is 16.7. The van der Waals surface area contributed by atoms with Crippen LogP contribution in [0.4, 0.5) is 5.69 Å². The SMILES string of the molecule is NS(=O)(=O)c1ccc(NC(=S)NC(=O)c2ccc(Br)cc2)c(Br)c1. The number of anilines is 1. The molecule has 6 nitrogen and oxygen atoms in total. The van der Waals surface area contributed by atoms with Gasteiger partial charge in [-0.05, 0) is 70.6 Å². The van der Waals surface area contributed by atoms with Crippen LogP contribution in [0.15, 0.2) is 56.3 Å². The van der Waals surface area contributed by atoms with Crippen LogP contribution in [0.25, 0.3) is 0 Å². The summed E-state index contributed by atoms with van der Waals surface area (Å²) in [5, 5.41) is 10.5. The minimum atomic E-state index is -3.79. The van der Waals surface area contributed by atoms with Crippen molar-refractivity contribution in [2.45, 2.75) is 4.90 Å². The Bertz CT molecular complexity index is 900. The molecule has 0 unspecified atom stereocenters. The molecule has 0 bridgehead atoms. The Morgan fingerprint density at radius 1 is 1.08 bits per heavy atom. The first-order valence-electron chi connectivity index (χ1n) is 6.37. The molecule has 10 heteroatoms. The van der Waals surface area contributed by atoms with Gasteiger partial charge in [0.1, 0.15) is 0 Å². The van der Waals surface area contributed by atoms with E-state index >= 15 is 0 Å². The van der Waals surface area contributed by atoms with Crippen LogP contribution in [0.3, 0.4) is 0 Å². The Kier molecular flexibility index (Phi) is 6.10. The van der Waals surface area contributed by atoms with Crippen LogP contribution in [0.1, 0.15) is 10.4 Å². The van der Waals surface area contributed by atoms with E-state index in [4.69, 9.17) is 17.4 Å². The summed E-state index contributed by atoms with van der Waals surface area (Å²) in [6.07, 6.45) is 0. The molecule has 0 aromatic heterocycles. The lowest BCUT2D eigenvalue weighted by Gasteiger charge is -2.12. The van der Waals surface area contributed by atoms with Gasteiger partial charge >= 0.3 is 0 Å². The molecule has 126 valence electrons. The van der Waals surface area contributed by atoms with Crippen LogP contribution in [0.2, 0.25) is 0 Å². The predicted molar refractivity (Wildman–Crippen MR) is 103 cm³/mol. The van der Waals surface area contributed by atoms with Crippen LogP contribution in [-0.2, 0) is 10.0 Å². The van der Waals surface area contributed by atoms with Gasteiger partial charge in [-0.2, -0.15) is 0 Å². The van der Waals surface area contributed by atoms with Crippen LogP contribution in [0, 0.1) is 0 Å². The van der Waals surface area contributed by atoms with Crippen molar-refractivity contribution in [2.24, 2.45) is 5.14 Å². The fourth-order valence-corrected chi connectivity index (χ4v) is 3.34. The van der Waals surface area contributed by atoms with Crippen molar-refractivity contribution in [3.8, 4) is 0 Å². The lowest BCUT2D eigenvalue weighted by Crippen LogP contribution is -2.34. The van der Waals surface area contributed by atoms with Crippen molar-refractivity contribution in [3.05, 3.63) is 57.0 Å². The van der Waals surface area contributed by atoms with Crippen molar-refractivity contribution in [1.82, 2.24) is 5.32 Å². The number of sulfonamides is 1. The Hall–Kier alpha value is -1.33. The first kappa shape index (κ1) is 19.0. The summed E-state index contributed by atoms with van der Waals surface area (Å²) in [4.78, 5) is 12.0. The third-order valence-corrected chi connectivity index (χ3v) is 5.15. The second-order valence-electron chi connectivity index (χ2n) is 4.60.